The van der Waals surface area contributed by atoms with Crippen molar-refractivity contribution < 1.29 is 19.1 Å². The van der Waals surface area contributed by atoms with Crippen molar-refractivity contribution >= 4 is 17.6 Å². The molecule has 0 radical (unpaired) electrons. The molecule has 4 rings (SSSR count). The standard InChI is InChI=1S/C28H35N3O4/c1-5-35-28(33)22-9-8-14-30(17-22)18-27(32)31-25(23-10-6-7-11-26(23)34-4)16-24(29-31)21-13-12-19(2)20(3)15-21/h6-7,10-13,15,22,25H,5,8-9,14,16-18H2,1-4H3/t22-,25+/m1/s1. The first-order chi connectivity index (χ1) is 16.9. The van der Waals surface area contributed by atoms with Gasteiger partial charge in [-0.2, -0.15) is 5.10 Å². The van der Waals surface area contributed by atoms with Crippen molar-refractivity contribution in [2.24, 2.45) is 11.0 Å². The number of hydrazone groups is 1. The van der Waals surface area contributed by atoms with E-state index in [9.17, 15) is 9.59 Å². The second kappa shape index (κ2) is 11.0. The van der Waals surface area contributed by atoms with Crippen molar-refractivity contribution in [1.29, 1.82) is 0 Å². The van der Waals surface area contributed by atoms with E-state index in [-0.39, 0.29) is 30.4 Å². The normalized spacial score (nSPS) is 20.5. The Labute approximate surface area is 207 Å². The lowest BCUT2D eigenvalue weighted by Crippen LogP contribution is -2.44. The predicted octanol–water partition coefficient (Wildman–Crippen LogP) is 4.26. The third kappa shape index (κ3) is 5.56. The van der Waals surface area contributed by atoms with Gasteiger partial charge in [0.25, 0.3) is 5.91 Å². The molecule has 2 aliphatic heterocycles. The topological polar surface area (TPSA) is 71.4 Å². The first kappa shape index (κ1) is 24.9. The van der Waals surface area contributed by atoms with Gasteiger partial charge in [0.15, 0.2) is 0 Å². The summed E-state index contributed by atoms with van der Waals surface area (Å²) >= 11 is 0. The van der Waals surface area contributed by atoms with Gasteiger partial charge < -0.3 is 9.47 Å². The number of rotatable bonds is 7. The third-order valence-electron chi connectivity index (χ3n) is 6.99. The van der Waals surface area contributed by atoms with Crippen molar-refractivity contribution in [1.82, 2.24) is 9.91 Å². The van der Waals surface area contributed by atoms with Crippen LogP contribution in [-0.4, -0.2) is 60.8 Å². The summed E-state index contributed by atoms with van der Waals surface area (Å²) in [6, 6.07) is 13.9. The number of ether oxygens (including phenoxy) is 2. The van der Waals surface area contributed by atoms with Gasteiger partial charge in [0.05, 0.1) is 37.9 Å². The Morgan fingerprint density at radius 2 is 1.91 bits per heavy atom. The zero-order valence-corrected chi connectivity index (χ0v) is 21.1. The fraction of sp³-hybridized carbons (Fsp3) is 0.464. The van der Waals surface area contributed by atoms with Gasteiger partial charge in [0.2, 0.25) is 0 Å². The average molecular weight is 478 g/mol. The first-order valence-corrected chi connectivity index (χ1v) is 12.4. The quantitative estimate of drug-likeness (QED) is 0.557. The maximum Gasteiger partial charge on any atom is 0.310 e. The molecule has 35 heavy (non-hydrogen) atoms. The summed E-state index contributed by atoms with van der Waals surface area (Å²) < 4.78 is 10.8. The number of carbonyl (C=O) groups excluding carboxylic acids is 2. The Morgan fingerprint density at radius 1 is 1.11 bits per heavy atom. The van der Waals surface area contributed by atoms with Crippen LogP contribution in [0.4, 0.5) is 0 Å². The summed E-state index contributed by atoms with van der Waals surface area (Å²) in [6.07, 6.45) is 2.27. The monoisotopic (exact) mass is 477 g/mol. The third-order valence-corrected chi connectivity index (χ3v) is 6.99. The summed E-state index contributed by atoms with van der Waals surface area (Å²) in [5, 5.41) is 6.46. The molecular weight excluding hydrogens is 442 g/mol. The fourth-order valence-electron chi connectivity index (χ4n) is 4.94. The highest BCUT2D eigenvalue weighted by molar-refractivity contribution is 6.03. The molecule has 0 N–H and O–H groups in total. The summed E-state index contributed by atoms with van der Waals surface area (Å²) in [6.45, 7) is 7.90. The van der Waals surface area contributed by atoms with Crippen LogP contribution in [0.2, 0.25) is 0 Å². The number of benzene rings is 2. The maximum atomic E-state index is 13.6. The van der Waals surface area contributed by atoms with Crippen molar-refractivity contribution in [3.05, 3.63) is 64.7 Å². The number of hydrogen-bond donors (Lipinski definition) is 0. The van der Waals surface area contributed by atoms with Gasteiger partial charge in [-0.05, 0) is 69.0 Å². The predicted molar refractivity (Wildman–Crippen MR) is 135 cm³/mol. The van der Waals surface area contributed by atoms with Crippen LogP contribution in [-0.2, 0) is 14.3 Å². The number of nitrogens with zero attached hydrogens (tertiary/aromatic N) is 3. The van der Waals surface area contributed by atoms with Crippen LogP contribution in [0.5, 0.6) is 5.75 Å². The van der Waals surface area contributed by atoms with Gasteiger partial charge in [0.1, 0.15) is 5.75 Å². The molecule has 1 amide bonds. The number of aryl methyl sites for hydroxylation is 2. The largest absolute Gasteiger partial charge is 0.496 e. The van der Waals surface area contributed by atoms with E-state index in [4.69, 9.17) is 14.6 Å². The Bertz CT molecular complexity index is 1110. The van der Waals surface area contributed by atoms with Crippen molar-refractivity contribution in [2.45, 2.75) is 46.1 Å². The molecule has 7 nitrogen and oxygen atoms in total. The SMILES string of the molecule is CCOC(=O)[C@@H]1CCCN(CC(=O)N2N=C(c3ccc(C)c(C)c3)C[C@H]2c2ccccc2OC)C1. The average Bonchev–Trinajstić information content (AvgIpc) is 3.31. The number of carbonyl (C=O) groups is 2. The lowest BCUT2D eigenvalue weighted by molar-refractivity contribution is -0.150. The fourth-order valence-corrected chi connectivity index (χ4v) is 4.94. The van der Waals surface area contributed by atoms with Gasteiger partial charge >= 0.3 is 5.97 Å². The molecule has 0 spiro atoms. The molecule has 1 fully saturated rings. The Kier molecular flexibility index (Phi) is 7.86. The summed E-state index contributed by atoms with van der Waals surface area (Å²) in [4.78, 5) is 27.9. The molecule has 2 aliphatic rings. The Hall–Kier alpha value is -3.19. The molecule has 186 valence electrons. The van der Waals surface area contributed by atoms with E-state index in [1.54, 1.807) is 12.1 Å². The number of piperidine rings is 1. The van der Waals surface area contributed by atoms with Crippen LogP contribution >= 0.6 is 0 Å². The molecule has 7 heteroatoms. The zero-order valence-electron chi connectivity index (χ0n) is 21.1. The smallest absolute Gasteiger partial charge is 0.310 e. The van der Waals surface area contributed by atoms with Crippen LogP contribution in [0.1, 0.15) is 54.5 Å². The van der Waals surface area contributed by atoms with E-state index in [1.807, 2.05) is 31.2 Å². The number of esters is 1. The highest BCUT2D eigenvalue weighted by Crippen LogP contribution is 2.37. The summed E-state index contributed by atoms with van der Waals surface area (Å²) in [5.74, 6) is 0.305. The minimum Gasteiger partial charge on any atom is -0.496 e. The summed E-state index contributed by atoms with van der Waals surface area (Å²) in [7, 11) is 1.65. The van der Waals surface area contributed by atoms with Crippen LogP contribution < -0.4 is 4.74 Å². The van der Waals surface area contributed by atoms with Gasteiger partial charge in [-0.3, -0.25) is 14.5 Å². The van der Waals surface area contributed by atoms with Gasteiger partial charge in [-0.25, -0.2) is 5.01 Å². The van der Waals surface area contributed by atoms with E-state index in [0.717, 1.165) is 42.0 Å². The molecular formula is C28H35N3O4. The number of para-hydroxylation sites is 1. The lowest BCUT2D eigenvalue weighted by atomic mass is 9.96. The molecule has 2 atom stereocenters. The Balaban J connectivity index is 1.59. The van der Waals surface area contributed by atoms with Crippen molar-refractivity contribution in [2.75, 3.05) is 33.4 Å². The van der Waals surface area contributed by atoms with E-state index in [1.165, 1.54) is 11.1 Å². The van der Waals surface area contributed by atoms with E-state index >= 15 is 0 Å². The van der Waals surface area contributed by atoms with Crippen LogP contribution in [0.25, 0.3) is 0 Å². The number of methoxy groups -OCH3 is 1. The van der Waals surface area contributed by atoms with E-state index in [0.29, 0.717) is 19.6 Å². The molecule has 0 aliphatic carbocycles. The summed E-state index contributed by atoms with van der Waals surface area (Å²) in [5.41, 5.74) is 5.28. The van der Waals surface area contributed by atoms with Crippen molar-refractivity contribution in [3.8, 4) is 5.75 Å². The number of amides is 1. The van der Waals surface area contributed by atoms with Gasteiger partial charge in [0, 0.05) is 18.5 Å². The molecule has 2 aromatic carbocycles. The number of likely N-dealkylation sites (tertiary alicyclic amines) is 1. The van der Waals surface area contributed by atoms with Crippen LogP contribution in [0.15, 0.2) is 47.6 Å². The highest BCUT2D eigenvalue weighted by atomic mass is 16.5. The minimum atomic E-state index is -0.249. The maximum absolute atomic E-state index is 13.6. The molecule has 2 heterocycles. The minimum absolute atomic E-state index is 0.0794. The Morgan fingerprint density at radius 3 is 2.66 bits per heavy atom. The van der Waals surface area contributed by atoms with Crippen molar-refractivity contribution in [3.63, 3.8) is 0 Å². The molecule has 1 saturated heterocycles. The van der Waals surface area contributed by atoms with Crippen LogP contribution in [0.3, 0.4) is 0 Å². The van der Waals surface area contributed by atoms with Gasteiger partial charge in [-0.1, -0.05) is 30.3 Å². The zero-order chi connectivity index (χ0) is 24.9. The molecule has 0 saturated carbocycles. The van der Waals surface area contributed by atoms with Gasteiger partial charge in [-0.15, -0.1) is 0 Å². The highest BCUT2D eigenvalue weighted by Gasteiger charge is 2.36. The molecule has 2 aromatic rings. The molecule has 0 unspecified atom stereocenters. The van der Waals surface area contributed by atoms with E-state index in [2.05, 4.69) is 36.9 Å². The lowest BCUT2D eigenvalue weighted by Gasteiger charge is -2.32. The molecule has 0 bridgehead atoms. The number of hydrogen-bond acceptors (Lipinski definition) is 6. The first-order valence-electron chi connectivity index (χ1n) is 12.4. The second-order valence-corrected chi connectivity index (χ2v) is 9.37. The van der Waals surface area contributed by atoms with Crippen LogP contribution in [0, 0.1) is 19.8 Å². The molecule has 0 aromatic heterocycles. The van der Waals surface area contributed by atoms with E-state index < -0.39 is 0 Å². The second-order valence-electron chi connectivity index (χ2n) is 9.37.